The molecule has 0 radical (unpaired) electrons. The molecule has 12 heavy (non-hydrogen) atoms. The van der Waals surface area contributed by atoms with Crippen molar-refractivity contribution in [2.24, 2.45) is 5.41 Å². The largest absolute Gasteiger partial charge is 0.314 e. The lowest BCUT2D eigenvalue weighted by atomic mass is 9.97. The Bertz CT molecular complexity index is 171. The average Bonchev–Trinajstić information content (AvgIpc) is 2.64. The van der Waals surface area contributed by atoms with E-state index in [2.05, 4.69) is 31.1 Å². The summed E-state index contributed by atoms with van der Waals surface area (Å²) >= 11 is 0. The van der Waals surface area contributed by atoms with Crippen LogP contribution in [0.2, 0.25) is 0 Å². The predicted octanol–water partition coefficient (Wildman–Crippen LogP) is 1.08. The van der Waals surface area contributed by atoms with Crippen LogP contribution in [-0.4, -0.2) is 37.1 Å². The van der Waals surface area contributed by atoms with E-state index < -0.39 is 0 Å². The molecule has 0 aromatic rings. The molecular formula is C10H20N2. The quantitative estimate of drug-likeness (QED) is 0.678. The van der Waals surface area contributed by atoms with Crippen LogP contribution in [-0.2, 0) is 0 Å². The molecule has 1 heterocycles. The minimum Gasteiger partial charge on any atom is -0.314 e. The molecule has 2 fully saturated rings. The second kappa shape index (κ2) is 2.71. The zero-order chi connectivity index (χ0) is 8.77. The van der Waals surface area contributed by atoms with Gasteiger partial charge in [-0.25, -0.2) is 0 Å². The van der Waals surface area contributed by atoms with Crippen molar-refractivity contribution in [1.82, 2.24) is 10.2 Å². The highest BCUT2D eigenvalue weighted by molar-refractivity contribution is 4.99. The smallest absolute Gasteiger partial charge is 0.0345 e. The first-order chi connectivity index (χ1) is 5.63. The molecule has 1 aliphatic carbocycles. The average molecular weight is 168 g/mol. The lowest BCUT2D eigenvalue weighted by molar-refractivity contribution is 0.0969. The van der Waals surface area contributed by atoms with Crippen molar-refractivity contribution < 1.29 is 0 Å². The molecule has 70 valence electrons. The van der Waals surface area contributed by atoms with Gasteiger partial charge in [0.05, 0.1) is 0 Å². The van der Waals surface area contributed by atoms with E-state index >= 15 is 0 Å². The summed E-state index contributed by atoms with van der Waals surface area (Å²) in [5.74, 6) is 0. The summed E-state index contributed by atoms with van der Waals surface area (Å²) in [6, 6.07) is 1.57. The summed E-state index contributed by atoms with van der Waals surface area (Å²) in [4.78, 5) is 2.56. The number of hydrogen-bond donors (Lipinski definition) is 1. The first kappa shape index (κ1) is 8.52. The van der Waals surface area contributed by atoms with Crippen LogP contribution in [0.15, 0.2) is 0 Å². The maximum absolute atomic E-state index is 3.33. The van der Waals surface area contributed by atoms with E-state index in [-0.39, 0.29) is 0 Å². The van der Waals surface area contributed by atoms with Crippen LogP contribution < -0.4 is 5.32 Å². The number of nitrogens with zero attached hydrogens (tertiary/aromatic N) is 1. The Hall–Kier alpha value is -0.0800. The lowest BCUT2D eigenvalue weighted by Gasteiger charge is -2.41. The van der Waals surface area contributed by atoms with Gasteiger partial charge in [-0.1, -0.05) is 6.92 Å². The van der Waals surface area contributed by atoms with Gasteiger partial charge in [0.2, 0.25) is 0 Å². The van der Waals surface area contributed by atoms with Crippen molar-refractivity contribution >= 4 is 0 Å². The first-order valence-corrected chi connectivity index (χ1v) is 5.06. The van der Waals surface area contributed by atoms with E-state index in [0.29, 0.717) is 5.41 Å². The van der Waals surface area contributed by atoms with Crippen LogP contribution in [0.25, 0.3) is 0 Å². The molecular weight excluding hydrogens is 148 g/mol. The van der Waals surface area contributed by atoms with Gasteiger partial charge in [-0.3, -0.25) is 4.90 Å². The maximum Gasteiger partial charge on any atom is 0.0345 e. The standard InChI is InChI=1S/C10H20N2/c1-8(10(2)4-5-10)12(3)9-6-11-7-9/h8-9,11H,4-7H2,1-3H3. The van der Waals surface area contributed by atoms with Gasteiger partial charge >= 0.3 is 0 Å². The summed E-state index contributed by atoms with van der Waals surface area (Å²) < 4.78 is 0. The SMILES string of the molecule is CC(N(C)C1CNC1)C1(C)CC1. The van der Waals surface area contributed by atoms with Crippen LogP contribution in [0, 0.1) is 5.41 Å². The number of rotatable bonds is 3. The monoisotopic (exact) mass is 168 g/mol. The number of nitrogens with one attached hydrogen (secondary N) is 1. The molecule has 2 aliphatic rings. The van der Waals surface area contributed by atoms with E-state index in [9.17, 15) is 0 Å². The van der Waals surface area contributed by atoms with Crippen molar-refractivity contribution in [3.05, 3.63) is 0 Å². The van der Waals surface area contributed by atoms with Crippen molar-refractivity contribution in [2.45, 2.75) is 38.8 Å². The third-order valence-corrected chi connectivity index (χ3v) is 3.99. The molecule has 1 unspecified atom stereocenters. The van der Waals surface area contributed by atoms with E-state index in [1.165, 1.54) is 25.9 Å². The highest BCUT2D eigenvalue weighted by Crippen LogP contribution is 2.49. The molecule has 0 aromatic heterocycles. The molecule has 2 nitrogen and oxygen atoms in total. The molecule has 0 bridgehead atoms. The molecule has 0 spiro atoms. The van der Waals surface area contributed by atoms with Crippen molar-refractivity contribution in [3.63, 3.8) is 0 Å². The highest BCUT2D eigenvalue weighted by Gasteiger charge is 2.45. The summed E-state index contributed by atoms with van der Waals surface area (Å²) in [6.45, 7) is 7.18. The Labute approximate surface area is 75.3 Å². The van der Waals surface area contributed by atoms with Gasteiger partial charge in [0.1, 0.15) is 0 Å². The molecule has 1 atom stereocenters. The minimum absolute atomic E-state index is 0.643. The fourth-order valence-electron chi connectivity index (χ4n) is 1.98. The van der Waals surface area contributed by atoms with Crippen LogP contribution in [0.4, 0.5) is 0 Å². The minimum atomic E-state index is 0.643. The Morgan fingerprint density at radius 1 is 1.42 bits per heavy atom. The Morgan fingerprint density at radius 3 is 2.33 bits per heavy atom. The summed E-state index contributed by atoms with van der Waals surface area (Å²) in [5.41, 5.74) is 0.643. The van der Waals surface area contributed by atoms with Crippen molar-refractivity contribution in [3.8, 4) is 0 Å². The fourth-order valence-corrected chi connectivity index (χ4v) is 1.98. The van der Waals surface area contributed by atoms with Gasteiger partial charge < -0.3 is 5.32 Å². The fraction of sp³-hybridized carbons (Fsp3) is 1.00. The molecule has 0 amide bonds. The molecule has 1 saturated heterocycles. The topological polar surface area (TPSA) is 15.3 Å². The van der Waals surface area contributed by atoms with Crippen LogP contribution >= 0.6 is 0 Å². The normalized spacial score (nSPS) is 30.0. The Balaban J connectivity index is 1.89. The molecule has 1 N–H and O–H groups in total. The second-order valence-electron chi connectivity index (χ2n) is 4.81. The van der Waals surface area contributed by atoms with Gasteiger partial charge in [0.15, 0.2) is 0 Å². The summed E-state index contributed by atoms with van der Waals surface area (Å²) in [6.07, 6.45) is 2.86. The third-order valence-electron chi connectivity index (χ3n) is 3.99. The number of likely N-dealkylation sites (N-methyl/N-ethyl adjacent to an activating group) is 1. The third kappa shape index (κ3) is 1.27. The van der Waals surface area contributed by atoms with Crippen LogP contribution in [0.1, 0.15) is 26.7 Å². The van der Waals surface area contributed by atoms with Gasteiger partial charge in [-0.2, -0.15) is 0 Å². The molecule has 0 aromatic carbocycles. The Morgan fingerprint density at radius 2 is 2.00 bits per heavy atom. The molecule has 1 saturated carbocycles. The van der Waals surface area contributed by atoms with Gasteiger partial charge in [-0.15, -0.1) is 0 Å². The number of hydrogen-bond acceptors (Lipinski definition) is 2. The summed E-state index contributed by atoms with van der Waals surface area (Å²) in [7, 11) is 2.28. The van der Waals surface area contributed by atoms with Crippen LogP contribution in [0.3, 0.4) is 0 Å². The van der Waals surface area contributed by atoms with E-state index in [1.807, 2.05) is 0 Å². The van der Waals surface area contributed by atoms with E-state index in [0.717, 1.165) is 12.1 Å². The molecule has 2 heteroatoms. The Kier molecular flexibility index (Phi) is 1.92. The van der Waals surface area contributed by atoms with E-state index in [4.69, 9.17) is 0 Å². The lowest BCUT2D eigenvalue weighted by Crippen LogP contribution is -2.59. The highest BCUT2D eigenvalue weighted by atomic mass is 15.2. The first-order valence-electron chi connectivity index (χ1n) is 5.06. The van der Waals surface area contributed by atoms with E-state index in [1.54, 1.807) is 0 Å². The second-order valence-corrected chi connectivity index (χ2v) is 4.81. The predicted molar refractivity (Wildman–Crippen MR) is 51.2 cm³/mol. The van der Waals surface area contributed by atoms with Gasteiger partial charge in [-0.05, 0) is 32.2 Å². The molecule has 2 rings (SSSR count). The van der Waals surface area contributed by atoms with Crippen LogP contribution in [0.5, 0.6) is 0 Å². The van der Waals surface area contributed by atoms with Gasteiger partial charge in [0, 0.05) is 25.2 Å². The maximum atomic E-state index is 3.33. The van der Waals surface area contributed by atoms with Crippen molar-refractivity contribution in [2.75, 3.05) is 20.1 Å². The van der Waals surface area contributed by atoms with Gasteiger partial charge in [0.25, 0.3) is 0 Å². The summed E-state index contributed by atoms with van der Waals surface area (Å²) in [5, 5.41) is 3.33. The zero-order valence-electron chi connectivity index (χ0n) is 8.43. The van der Waals surface area contributed by atoms with Crippen molar-refractivity contribution in [1.29, 1.82) is 0 Å². The molecule has 1 aliphatic heterocycles. The zero-order valence-corrected chi connectivity index (χ0v) is 8.43.